The number of anilines is 1. The summed E-state index contributed by atoms with van der Waals surface area (Å²) in [5, 5.41) is 15.2. The zero-order chi connectivity index (χ0) is 29.6. The number of halogens is 2. The molecule has 3 aromatic carbocycles. The summed E-state index contributed by atoms with van der Waals surface area (Å²) in [4.78, 5) is 34.6. The van der Waals surface area contributed by atoms with Crippen LogP contribution in [0.5, 0.6) is 0 Å². The Hall–Kier alpha value is -5.32. The lowest BCUT2D eigenvalue weighted by atomic mass is 10.0. The van der Waals surface area contributed by atoms with Crippen molar-refractivity contribution in [2.75, 3.05) is 4.90 Å². The number of aryl methyl sites for hydroxylation is 2. The third kappa shape index (κ3) is 6.52. The van der Waals surface area contributed by atoms with Gasteiger partial charge in [-0.1, -0.05) is 24.3 Å². The topological polar surface area (TPSA) is 106 Å². The normalized spacial score (nSPS) is 11.6. The second-order valence-electron chi connectivity index (χ2n) is 9.73. The number of amides is 2. The van der Waals surface area contributed by atoms with Crippen molar-refractivity contribution in [3.8, 4) is 11.4 Å². The predicted octanol–water partition coefficient (Wildman–Crippen LogP) is 4.72. The van der Waals surface area contributed by atoms with Gasteiger partial charge in [-0.25, -0.2) is 8.78 Å². The van der Waals surface area contributed by atoms with Crippen LogP contribution >= 0.6 is 0 Å². The van der Waals surface area contributed by atoms with Gasteiger partial charge in [0.15, 0.2) is 0 Å². The Balaban J connectivity index is 1.50. The molecule has 1 N–H and O–H groups in total. The van der Waals surface area contributed by atoms with Crippen LogP contribution in [0.2, 0.25) is 0 Å². The minimum Gasteiger partial charge on any atom is -0.350 e. The van der Waals surface area contributed by atoms with E-state index in [0.717, 1.165) is 15.9 Å². The Labute approximate surface area is 240 Å². The van der Waals surface area contributed by atoms with E-state index < -0.39 is 23.7 Å². The average Bonchev–Trinajstić information content (AvgIpc) is 3.46. The molecule has 9 nitrogen and oxygen atoms in total. The number of hydrogen-bond donors (Lipinski definition) is 1. The molecule has 0 aliphatic heterocycles. The highest BCUT2D eigenvalue weighted by molar-refractivity contribution is 6.01. The summed E-state index contributed by atoms with van der Waals surface area (Å²) in [7, 11) is 0. The highest BCUT2D eigenvalue weighted by Crippen LogP contribution is 2.31. The molecule has 2 heterocycles. The van der Waals surface area contributed by atoms with Gasteiger partial charge < -0.3 is 5.32 Å². The van der Waals surface area contributed by atoms with E-state index in [9.17, 15) is 18.4 Å². The fraction of sp³-hybridized carbons (Fsp3) is 0.161. The van der Waals surface area contributed by atoms with E-state index in [1.165, 1.54) is 41.3 Å². The minimum absolute atomic E-state index is 0.126. The third-order valence-electron chi connectivity index (χ3n) is 6.63. The number of carbonyl (C=O) groups excluding carboxylic acids is 2. The monoisotopic (exact) mass is 567 g/mol. The van der Waals surface area contributed by atoms with Crippen LogP contribution in [0.25, 0.3) is 11.4 Å². The lowest BCUT2D eigenvalue weighted by molar-refractivity contribution is -0.127. The van der Waals surface area contributed by atoms with E-state index in [4.69, 9.17) is 0 Å². The molecule has 0 aliphatic rings. The first-order valence-electron chi connectivity index (χ1n) is 13.1. The fourth-order valence-electron chi connectivity index (χ4n) is 4.47. The number of nitrogens with one attached hydrogen (secondary N) is 1. The van der Waals surface area contributed by atoms with Crippen molar-refractivity contribution in [3.63, 3.8) is 0 Å². The molecule has 0 radical (unpaired) electrons. The lowest BCUT2D eigenvalue weighted by Crippen LogP contribution is -2.45. The molecule has 5 aromatic rings. The molecule has 1 unspecified atom stereocenters. The van der Waals surface area contributed by atoms with Crippen molar-refractivity contribution < 1.29 is 18.4 Å². The van der Waals surface area contributed by atoms with Crippen LogP contribution in [-0.4, -0.2) is 37.0 Å². The van der Waals surface area contributed by atoms with Crippen LogP contribution in [0.3, 0.4) is 0 Å². The van der Waals surface area contributed by atoms with E-state index in [0.29, 0.717) is 22.4 Å². The molecule has 42 heavy (non-hydrogen) atoms. The zero-order valence-corrected chi connectivity index (χ0v) is 22.9. The number of pyridine rings is 1. The summed E-state index contributed by atoms with van der Waals surface area (Å²) < 4.78 is 26.8. The maximum absolute atomic E-state index is 14.1. The van der Waals surface area contributed by atoms with Gasteiger partial charge in [-0.05, 0) is 95.9 Å². The van der Waals surface area contributed by atoms with E-state index in [1.807, 2.05) is 32.0 Å². The number of benzene rings is 3. The Kier molecular flexibility index (Phi) is 8.37. The maximum atomic E-state index is 14.1. The second-order valence-corrected chi connectivity index (χ2v) is 9.73. The predicted molar refractivity (Wildman–Crippen MR) is 152 cm³/mol. The molecule has 1 atom stereocenters. The van der Waals surface area contributed by atoms with Crippen molar-refractivity contribution in [2.45, 2.75) is 33.0 Å². The highest BCUT2D eigenvalue weighted by atomic mass is 19.1. The molecule has 11 heteroatoms. The fourth-order valence-corrected chi connectivity index (χ4v) is 4.47. The van der Waals surface area contributed by atoms with Gasteiger partial charge in [0, 0.05) is 30.2 Å². The second kappa shape index (κ2) is 12.5. The molecular formula is C31H27F2N7O2. The lowest BCUT2D eigenvalue weighted by Gasteiger charge is -2.32. The number of nitrogens with zero attached hydrogens (tertiary/aromatic N) is 6. The van der Waals surface area contributed by atoms with Gasteiger partial charge in [0.25, 0.3) is 5.91 Å². The standard InChI is InChI=1S/C31H27F2N7O2/c1-20-3-4-21(2)27(17-20)40(28(41)19-39-37-30(36-38-39)24-7-11-26(33)12-8-24)29(23-13-15-34-16-14-23)31(42)35-18-22-5-9-25(32)10-6-22/h3-17,29H,18-19H2,1-2H3,(H,35,42). The first-order valence-corrected chi connectivity index (χ1v) is 13.1. The summed E-state index contributed by atoms with van der Waals surface area (Å²) in [6.07, 6.45) is 3.10. The van der Waals surface area contributed by atoms with Gasteiger partial charge in [-0.15, -0.1) is 10.2 Å². The molecular weight excluding hydrogens is 540 g/mol. The van der Waals surface area contributed by atoms with Gasteiger partial charge >= 0.3 is 0 Å². The van der Waals surface area contributed by atoms with Gasteiger partial charge in [-0.2, -0.15) is 4.80 Å². The molecule has 5 rings (SSSR count). The van der Waals surface area contributed by atoms with Gasteiger partial charge in [-0.3, -0.25) is 19.5 Å². The van der Waals surface area contributed by atoms with Gasteiger partial charge in [0.1, 0.15) is 24.2 Å². The van der Waals surface area contributed by atoms with E-state index in [2.05, 4.69) is 25.7 Å². The van der Waals surface area contributed by atoms with Crippen LogP contribution in [0.1, 0.15) is 28.3 Å². The molecule has 212 valence electrons. The summed E-state index contributed by atoms with van der Waals surface area (Å²) >= 11 is 0. The number of tetrazole rings is 1. The average molecular weight is 568 g/mol. The van der Waals surface area contributed by atoms with E-state index in [1.54, 1.807) is 36.7 Å². The Morgan fingerprint density at radius 2 is 1.57 bits per heavy atom. The number of rotatable bonds is 9. The highest BCUT2D eigenvalue weighted by Gasteiger charge is 2.34. The Bertz CT molecular complexity index is 1690. The molecule has 0 fully saturated rings. The smallest absolute Gasteiger partial charge is 0.251 e. The molecule has 0 bridgehead atoms. The zero-order valence-electron chi connectivity index (χ0n) is 22.9. The molecule has 2 aromatic heterocycles. The molecule has 0 spiro atoms. The Morgan fingerprint density at radius 1 is 0.905 bits per heavy atom. The molecule has 0 saturated heterocycles. The van der Waals surface area contributed by atoms with Crippen LogP contribution in [0.15, 0.2) is 91.3 Å². The van der Waals surface area contributed by atoms with Crippen LogP contribution in [0, 0.1) is 25.5 Å². The number of aromatic nitrogens is 5. The maximum Gasteiger partial charge on any atom is 0.251 e. The van der Waals surface area contributed by atoms with Crippen molar-refractivity contribution in [2.24, 2.45) is 0 Å². The van der Waals surface area contributed by atoms with Crippen molar-refractivity contribution in [3.05, 3.63) is 125 Å². The largest absolute Gasteiger partial charge is 0.350 e. The quantitative estimate of drug-likeness (QED) is 0.276. The summed E-state index contributed by atoms with van der Waals surface area (Å²) in [6.45, 7) is 3.56. The van der Waals surface area contributed by atoms with Crippen LogP contribution < -0.4 is 10.2 Å². The first-order chi connectivity index (χ1) is 20.3. The van der Waals surface area contributed by atoms with Crippen molar-refractivity contribution in [1.29, 1.82) is 0 Å². The minimum atomic E-state index is -1.08. The van der Waals surface area contributed by atoms with Crippen molar-refractivity contribution >= 4 is 17.5 Å². The Morgan fingerprint density at radius 3 is 2.26 bits per heavy atom. The molecule has 0 saturated carbocycles. The summed E-state index contributed by atoms with van der Waals surface area (Å²) in [5.41, 5.74) is 3.98. The molecule has 0 aliphatic carbocycles. The third-order valence-corrected chi connectivity index (χ3v) is 6.63. The number of hydrogen-bond acceptors (Lipinski definition) is 6. The SMILES string of the molecule is Cc1ccc(C)c(N(C(=O)Cn2nnc(-c3ccc(F)cc3)n2)C(C(=O)NCc2ccc(F)cc2)c2ccncc2)c1. The van der Waals surface area contributed by atoms with Gasteiger partial charge in [0.2, 0.25) is 11.7 Å². The number of carbonyl (C=O) groups is 2. The molecule has 2 amide bonds. The van der Waals surface area contributed by atoms with E-state index in [-0.39, 0.29) is 24.7 Å². The van der Waals surface area contributed by atoms with Crippen molar-refractivity contribution in [1.82, 2.24) is 30.5 Å². The van der Waals surface area contributed by atoms with E-state index >= 15 is 0 Å². The first kappa shape index (κ1) is 28.2. The van der Waals surface area contributed by atoms with Gasteiger partial charge in [0.05, 0.1) is 0 Å². The summed E-state index contributed by atoms with van der Waals surface area (Å²) in [5.74, 6) is -1.46. The summed E-state index contributed by atoms with van der Waals surface area (Å²) in [6, 6.07) is 19.3. The van der Waals surface area contributed by atoms with Crippen LogP contribution in [0.4, 0.5) is 14.5 Å². The van der Waals surface area contributed by atoms with Crippen LogP contribution in [-0.2, 0) is 22.7 Å².